The van der Waals surface area contributed by atoms with Gasteiger partial charge in [-0.15, -0.1) is 0 Å². The highest BCUT2D eigenvalue weighted by molar-refractivity contribution is 5.93. The van der Waals surface area contributed by atoms with E-state index in [1.165, 1.54) is 0 Å². The van der Waals surface area contributed by atoms with E-state index >= 15 is 0 Å². The smallest absolute Gasteiger partial charge is 0.238 e. The van der Waals surface area contributed by atoms with Crippen LogP contribution in [0.3, 0.4) is 0 Å². The van der Waals surface area contributed by atoms with Gasteiger partial charge in [0.15, 0.2) is 0 Å². The van der Waals surface area contributed by atoms with E-state index in [9.17, 15) is 4.79 Å². The standard InChI is InChI=1S/C18H23N5O/c1-2-15-6-3-4-7-16(15)21-17(24)14-22-10-12-23(13-11-22)18-19-8-5-9-20-18/h3-9H,2,10-14H2,1H3,(H,21,24). The molecular formula is C18H23N5O. The van der Waals surface area contributed by atoms with Crippen LogP contribution in [0.2, 0.25) is 0 Å². The van der Waals surface area contributed by atoms with Crippen LogP contribution in [0.5, 0.6) is 0 Å². The SMILES string of the molecule is CCc1ccccc1NC(=O)CN1CCN(c2ncccn2)CC1. The van der Waals surface area contributed by atoms with Crippen molar-refractivity contribution in [2.24, 2.45) is 0 Å². The molecular weight excluding hydrogens is 302 g/mol. The molecule has 0 spiro atoms. The summed E-state index contributed by atoms with van der Waals surface area (Å²) in [4.78, 5) is 25.2. The Kier molecular flexibility index (Phi) is 5.38. The highest BCUT2D eigenvalue weighted by atomic mass is 16.2. The Hall–Kier alpha value is -2.47. The maximum atomic E-state index is 12.3. The summed E-state index contributed by atoms with van der Waals surface area (Å²) in [5.74, 6) is 0.804. The van der Waals surface area contributed by atoms with Gasteiger partial charge in [-0.1, -0.05) is 25.1 Å². The van der Waals surface area contributed by atoms with Gasteiger partial charge in [-0.3, -0.25) is 9.69 Å². The first kappa shape index (κ1) is 16.4. The van der Waals surface area contributed by atoms with E-state index in [1.807, 2.05) is 30.3 Å². The van der Waals surface area contributed by atoms with Crippen LogP contribution in [0.25, 0.3) is 0 Å². The first-order valence-corrected chi connectivity index (χ1v) is 8.38. The van der Waals surface area contributed by atoms with E-state index < -0.39 is 0 Å². The molecule has 1 N–H and O–H groups in total. The summed E-state index contributed by atoms with van der Waals surface area (Å²) in [6, 6.07) is 9.78. The van der Waals surface area contributed by atoms with E-state index in [1.54, 1.807) is 12.4 Å². The Balaban J connectivity index is 1.50. The van der Waals surface area contributed by atoms with Gasteiger partial charge >= 0.3 is 0 Å². The Morgan fingerprint density at radius 1 is 1.08 bits per heavy atom. The lowest BCUT2D eigenvalue weighted by atomic mass is 10.1. The molecule has 1 aromatic carbocycles. The Morgan fingerprint density at radius 3 is 2.50 bits per heavy atom. The molecule has 0 aliphatic carbocycles. The zero-order valence-corrected chi connectivity index (χ0v) is 14.0. The van der Waals surface area contributed by atoms with Gasteiger partial charge in [0.05, 0.1) is 6.54 Å². The largest absolute Gasteiger partial charge is 0.338 e. The minimum atomic E-state index is 0.0420. The van der Waals surface area contributed by atoms with Gasteiger partial charge in [0.1, 0.15) is 0 Å². The molecule has 126 valence electrons. The summed E-state index contributed by atoms with van der Waals surface area (Å²) in [7, 11) is 0. The van der Waals surface area contributed by atoms with Crippen molar-refractivity contribution in [3.63, 3.8) is 0 Å². The van der Waals surface area contributed by atoms with Crippen molar-refractivity contribution in [2.45, 2.75) is 13.3 Å². The van der Waals surface area contributed by atoms with E-state index in [-0.39, 0.29) is 5.91 Å². The molecule has 1 aromatic heterocycles. The van der Waals surface area contributed by atoms with E-state index in [2.05, 4.69) is 32.0 Å². The number of hydrogen-bond acceptors (Lipinski definition) is 5. The summed E-state index contributed by atoms with van der Waals surface area (Å²) in [5, 5.41) is 3.03. The average molecular weight is 325 g/mol. The van der Waals surface area contributed by atoms with Crippen molar-refractivity contribution in [1.29, 1.82) is 0 Å². The first-order chi connectivity index (χ1) is 11.8. The van der Waals surface area contributed by atoms with Crippen molar-refractivity contribution in [2.75, 3.05) is 42.9 Å². The molecule has 2 aromatic rings. The van der Waals surface area contributed by atoms with Crippen LogP contribution in [-0.2, 0) is 11.2 Å². The van der Waals surface area contributed by atoms with Crippen molar-refractivity contribution in [3.05, 3.63) is 48.3 Å². The topological polar surface area (TPSA) is 61.4 Å². The third kappa shape index (κ3) is 4.08. The number of rotatable bonds is 5. The molecule has 1 amide bonds. The summed E-state index contributed by atoms with van der Waals surface area (Å²) in [6.07, 6.45) is 4.42. The van der Waals surface area contributed by atoms with Crippen LogP contribution < -0.4 is 10.2 Å². The van der Waals surface area contributed by atoms with Crippen LogP contribution in [0.15, 0.2) is 42.7 Å². The monoisotopic (exact) mass is 325 g/mol. The molecule has 0 saturated carbocycles. The second-order valence-electron chi connectivity index (χ2n) is 5.87. The Labute approximate surface area is 142 Å². The third-order valence-corrected chi connectivity index (χ3v) is 4.25. The average Bonchev–Trinajstić information content (AvgIpc) is 2.63. The fourth-order valence-corrected chi connectivity index (χ4v) is 2.90. The van der Waals surface area contributed by atoms with E-state index in [0.29, 0.717) is 6.54 Å². The van der Waals surface area contributed by atoms with Gasteiger partial charge in [-0.2, -0.15) is 0 Å². The summed E-state index contributed by atoms with van der Waals surface area (Å²) < 4.78 is 0. The molecule has 6 nitrogen and oxygen atoms in total. The number of para-hydroxylation sites is 1. The predicted octanol–water partition coefficient (Wildman–Crippen LogP) is 1.80. The second-order valence-corrected chi connectivity index (χ2v) is 5.87. The number of amides is 1. The number of anilines is 2. The molecule has 1 aliphatic heterocycles. The molecule has 24 heavy (non-hydrogen) atoms. The van der Waals surface area contributed by atoms with Crippen molar-refractivity contribution in [3.8, 4) is 0 Å². The summed E-state index contributed by atoms with van der Waals surface area (Å²) in [5.41, 5.74) is 2.08. The molecule has 2 heterocycles. The molecule has 0 atom stereocenters. The van der Waals surface area contributed by atoms with Crippen LogP contribution in [-0.4, -0.2) is 53.5 Å². The summed E-state index contributed by atoms with van der Waals surface area (Å²) in [6.45, 7) is 5.85. The van der Waals surface area contributed by atoms with E-state index in [0.717, 1.165) is 49.8 Å². The molecule has 1 saturated heterocycles. The number of carbonyl (C=O) groups is 1. The van der Waals surface area contributed by atoms with Gasteiger partial charge in [0.25, 0.3) is 0 Å². The number of nitrogens with one attached hydrogen (secondary N) is 1. The normalized spacial score (nSPS) is 15.3. The van der Waals surface area contributed by atoms with Gasteiger partial charge < -0.3 is 10.2 Å². The predicted molar refractivity (Wildman–Crippen MR) is 95.1 cm³/mol. The molecule has 0 unspecified atom stereocenters. The van der Waals surface area contributed by atoms with Crippen LogP contribution in [0.1, 0.15) is 12.5 Å². The molecule has 0 radical (unpaired) electrons. The highest BCUT2D eigenvalue weighted by Crippen LogP contribution is 2.15. The fourth-order valence-electron chi connectivity index (χ4n) is 2.90. The molecule has 6 heteroatoms. The maximum Gasteiger partial charge on any atom is 0.238 e. The molecule has 1 fully saturated rings. The Morgan fingerprint density at radius 2 is 1.79 bits per heavy atom. The van der Waals surface area contributed by atoms with E-state index in [4.69, 9.17) is 0 Å². The minimum absolute atomic E-state index is 0.0420. The number of aromatic nitrogens is 2. The number of piperazine rings is 1. The minimum Gasteiger partial charge on any atom is -0.338 e. The first-order valence-electron chi connectivity index (χ1n) is 8.38. The Bertz CT molecular complexity index is 668. The van der Waals surface area contributed by atoms with Crippen molar-refractivity contribution in [1.82, 2.24) is 14.9 Å². The second kappa shape index (κ2) is 7.88. The number of aryl methyl sites for hydroxylation is 1. The lowest BCUT2D eigenvalue weighted by molar-refractivity contribution is -0.117. The maximum absolute atomic E-state index is 12.3. The van der Waals surface area contributed by atoms with Crippen LogP contribution in [0.4, 0.5) is 11.6 Å². The van der Waals surface area contributed by atoms with Crippen LogP contribution in [0, 0.1) is 0 Å². The summed E-state index contributed by atoms with van der Waals surface area (Å²) >= 11 is 0. The van der Waals surface area contributed by atoms with Gasteiger partial charge in [0, 0.05) is 44.3 Å². The van der Waals surface area contributed by atoms with Crippen molar-refractivity contribution < 1.29 is 4.79 Å². The number of nitrogens with zero attached hydrogens (tertiary/aromatic N) is 4. The lowest BCUT2D eigenvalue weighted by Gasteiger charge is -2.34. The molecule has 0 bridgehead atoms. The number of benzene rings is 1. The fraction of sp³-hybridized carbons (Fsp3) is 0.389. The molecule has 1 aliphatic rings. The quantitative estimate of drug-likeness (QED) is 0.908. The highest BCUT2D eigenvalue weighted by Gasteiger charge is 2.20. The molecule has 3 rings (SSSR count). The van der Waals surface area contributed by atoms with Gasteiger partial charge in [-0.25, -0.2) is 9.97 Å². The van der Waals surface area contributed by atoms with Gasteiger partial charge in [-0.05, 0) is 24.1 Å². The number of hydrogen-bond donors (Lipinski definition) is 1. The lowest BCUT2D eigenvalue weighted by Crippen LogP contribution is -2.49. The van der Waals surface area contributed by atoms with Crippen molar-refractivity contribution >= 4 is 17.5 Å². The van der Waals surface area contributed by atoms with Crippen LogP contribution >= 0.6 is 0 Å². The number of carbonyl (C=O) groups excluding carboxylic acids is 1. The van der Waals surface area contributed by atoms with Gasteiger partial charge in [0.2, 0.25) is 11.9 Å². The third-order valence-electron chi connectivity index (χ3n) is 4.25. The zero-order valence-electron chi connectivity index (χ0n) is 14.0. The zero-order chi connectivity index (χ0) is 16.8.